The molecule has 1 aromatic rings. The highest BCUT2D eigenvalue weighted by Crippen LogP contribution is 2.16. The Balaban J connectivity index is 1.98. The summed E-state index contributed by atoms with van der Waals surface area (Å²) in [6, 6.07) is 7.76. The third-order valence-electron chi connectivity index (χ3n) is 4.50. The molecule has 4 nitrogen and oxygen atoms in total. The summed E-state index contributed by atoms with van der Waals surface area (Å²) < 4.78 is 0. The van der Waals surface area contributed by atoms with Crippen molar-refractivity contribution in [1.82, 2.24) is 10.2 Å². The van der Waals surface area contributed by atoms with E-state index in [1.807, 2.05) is 29.2 Å². The number of benzene rings is 1. The van der Waals surface area contributed by atoms with Gasteiger partial charge >= 0.3 is 0 Å². The summed E-state index contributed by atoms with van der Waals surface area (Å²) >= 11 is 0. The van der Waals surface area contributed by atoms with Crippen molar-refractivity contribution in [2.24, 2.45) is 11.8 Å². The van der Waals surface area contributed by atoms with E-state index in [-0.39, 0.29) is 17.9 Å². The highest BCUT2D eigenvalue weighted by molar-refractivity contribution is 5.94. The molecule has 1 N–H and O–H groups in total. The van der Waals surface area contributed by atoms with Crippen molar-refractivity contribution < 1.29 is 9.59 Å². The second-order valence-corrected chi connectivity index (χ2v) is 7.10. The monoisotopic (exact) mass is 316 g/mol. The van der Waals surface area contributed by atoms with Gasteiger partial charge in [-0.3, -0.25) is 9.59 Å². The predicted octanol–water partition coefficient (Wildman–Crippen LogP) is 3.22. The summed E-state index contributed by atoms with van der Waals surface area (Å²) in [4.78, 5) is 25.9. The van der Waals surface area contributed by atoms with Gasteiger partial charge in [-0.15, -0.1) is 0 Å². The van der Waals surface area contributed by atoms with Crippen molar-refractivity contribution >= 4 is 11.8 Å². The van der Waals surface area contributed by atoms with E-state index in [0.29, 0.717) is 30.4 Å². The summed E-state index contributed by atoms with van der Waals surface area (Å²) in [6.45, 7) is 9.98. The van der Waals surface area contributed by atoms with Gasteiger partial charge in [-0.05, 0) is 36.0 Å². The van der Waals surface area contributed by atoms with E-state index in [9.17, 15) is 9.59 Å². The molecule has 1 aliphatic heterocycles. The topological polar surface area (TPSA) is 49.4 Å². The van der Waals surface area contributed by atoms with Crippen LogP contribution in [0.3, 0.4) is 0 Å². The lowest BCUT2D eigenvalue weighted by molar-refractivity contribution is -0.128. The van der Waals surface area contributed by atoms with Crippen molar-refractivity contribution in [1.29, 1.82) is 0 Å². The van der Waals surface area contributed by atoms with E-state index in [1.165, 1.54) is 0 Å². The molecule has 4 heteroatoms. The molecule has 0 atom stereocenters. The fourth-order valence-electron chi connectivity index (χ4n) is 3.19. The van der Waals surface area contributed by atoms with Gasteiger partial charge in [0.2, 0.25) is 5.91 Å². The summed E-state index contributed by atoms with van der Waals surface area (Å²) in [7, 11) is 0. The minimum Gasteiger partial charge on any atom is -0.349 e. The molecule has 126 valence electrons. The predicted molar refractivity (Wildman–Crippen MR) is 92.0 cm³/mol. The number of nitrogens with one attached hydrogen (secondary N) is 1. The molecule has 1 saturated heterocycles. The Morgan fingerprint density at radius 2 is 1.74 bits per heavy atom. The molecular weight excluding hydrogens is 288 g/mol. The van der Waals surface area contributed by atoms with Gasteiger partial charge < -0.3 is 10.2 Å². The zero-order valence-corrected chi connectivity index (χ0v) is 14.6. The smallest absolute Gasteiger partial charge is 0.251 e. The number of carbonyl (C=O) groups excluding carboxylic acids is 2. The van der Waals surface area contributed by atoms with Crippen LogP contribution in [0.15, 0.2) is 24.3 Å². The molecule has 1 heterocycles. The van der Waals surface area contributed by atoms with Crippen molar-refractivity contribution in [2.75, 3.05) is 6.54 Å². The molecule has 2 amide bonds. The standard InChI is InChI=1S/C19H28N2O2/c1-13(2)18(14(3)4)20-19(23)16-9-7-15(8-10-16)12-21-11-5-6-17(21)22/h7-10,13-14,18H,5-6,11-12H2,1-4H3,(H,20,23). The minimum atomic E-state index is -0.0267. The van der Waals surface area contributed by atoms with Gasteiger partial charge in [-0.1, -0.05) is 39.8 Å². The average molecular weight is 316 g/mol. The van der Waals surface area contributed by atoms with Crippen LogP contribution in [0.25, 0.3) is 0 Å². The Hall–Kier alpha value is -1.84. The van der Waals surface area contributed by atoms with E-state index in [4.69, 9.17) is 0 Å². The number of likely N-dealkylation sites (tertiary alicyclic amines) is 1. The maximum Gasteiger partial charge on any atom is 0.251 e. The van der Waals surface area contributed by atoms with Crippen LogP contribution < -0.4 is 5.32 Å². The molecule has 0 bridgehead atoms. The van der Waals surface area contributed by atoms with Crippen LogP contribution in [0.2, 0.25) is 0 Å². The van der Waals surface area contributed by atoms with Gasteiger partial charge in [-0.2, -0.15) is 0 Å². The molecule has 0 saturated carbocycles. The van der Waals surface area contributed by atoms with E-state index in [0.717, 1.165) is 18.5 Å². The number of carbonyl (C=O) groups is 2. The van der Waals surface area contributed by atoms with Gasteiger partial charge in [0.1, 0.15) is 0 Å². The summed E-state index contributed by atoms with van der Waals surface area (Å²) in [6.07, 6.45) is 1.61. The number of hydrogen-bond donors (Lipinski definition) is 1. The number of amides is 2. The van der Waals surface area contributed by atoms with Gasteiger partial charge in [0.05, 0.1) is 0 Å². The van der Waals surface area contributed by atoms with Crippen LogP contribution in [0.1, 0.15) is 56.5 Å². The summed E-state index contributed by atoms with van der Waals surface area (Å²) in [5.41, 5.74) is 1.74. The maximum atomic E-state index is 12.4. The zero-order valence-electron chi connectivity index (χ0n) is 14.6. The molecule has 0 aromatic heterocycles. The third-order valence-corrected chi connectivity index (χ3v) is 4.50. The molecule has 0 aliphatic carbocycles. The summed E-state index contributed by atoms with van der Waals surface area (Å²) in [5, 5.41) is 3.13. The van der Waals surface area contributed by atoms with Crippen LogP contribution in [-0.4, -0.2) is 29.3 Å². The van der Waals surface area contributed by atoms with Gasteiger partial charge in [-0.25, -0.2) is 0 Å². The highest BCUT2D eigenvalue weighted by atomic mass is 16.2. The average Bonchev–Trinajstić information content (AvgIpc) is 2.90. The first-order valence-electron chi connectivity index (χ1n) is 8.56. The number of rotatable bonds is 6. The van der Waals surface area contributed by atoms with E-state index < -0.39 is 0 Å². The van der Waals surface area contributed by atoms with Crippen molar-refractivity contribution in [3.05, 3.63) is 35.4 Å². The molecule has 2 rings (SSSR count). The van der Waals surface area contributed by atoms with Crippen LogP contribution in [-0.2, 0) is 11.3 Å². The third kappa shape index (κ3) is 4.57. The number of nitrogens with zero attached hydrogens (tertiary/aromatic N) is 1. The molecule has 1 aliphatic rings. The molecule has 1 fully saturated rings. The fourth-order valence-corrected chi connectivity index (χ4v) is 3.19. The minimum absolute atomic E-state index is 0.0267. The Morgan fingerprint density at radius 1 is 1.13 bits per heavy atom. The normalized spacial score (nSPS) is 15.1. The Bertz CT molecular complexity index is 541. The van der Waals surface area contributed by atoms with Gasteiger partial charge in [0.25, 0.3) is 5.91 Å². The quantitative estimate of drug-likeness (QED) is 0.876. The number of hydrogen-bond acceptors (Lipinski definition) is 2. The first kappa shape index (κ1) is 17.5. The first-order chi connectivity index (χ1) is 10.9. The van der Waals surface area contributed by atoms with E-state index in [2.05, 4.69) is 33.0 Å². The van der Waals surface area contributed by atoms with Gasteiger partial charge in [0, 0.05) is 31.1 Å². The lowest BCUT2D eigenvalue weighted by atomic mass is 9.93. The van der Waals surface area contributed by atoms with Crippen molar-refractivity contribution in [3.8, 4) is 0 Å². The Kier molecular flexibility index (Phi) is 5.80. The van der Waals surface area contributed by atoms with Crippen LogP contribution in [0, 0.1) is 11.8 Å². The molecule has 0 radical (unpaired) electrons. The van der Waals surface area contributed by atoms with Crippen LogP contribution >= 0.6 is 0 Å². The van der Waals surface area contributed by atoms with Crippen molar-refractivity contribution in [3.63, 3.8) is 0 Å². The second kappa shape index (κ2) is 7.62. The molecular formula is C19H28N2O2. The van der Waals surface area contributed by atoms with E-state index >= 15 is 0 Å². The molecule has 23 heavy (non-hydrogen) atoms. The lowest BCUT2D eigenvalue weighted by Gasteiger charge is -2.26. The van der Waals surface area contributed by atoms with Gasteiger partial charge in [0.15, 0.2) is 0 Å². The Morgan fingerprint density at radius 3 is 2.22 bits per heavy atom. The van der Waals surface area contributed by atoms with E-state index in [1.54, 1.807) is 0 Å². The van der Waals surface area contributed by atoms with Crippen LogP contribution in [0.4, 0.5) is 0 Å². The maximum absolute atomic E-state index is 12.4. The molecule has 1 aromatic carbocycles. The first-order valence-corrected chi connectivity index (χ1v) is 8.56. The fraction of sp³-hybridized carbons (Fsp3) is 0.579. The largest absolute Gasteiger partial charge is 0.349 e. The lowest BCUT2D eigenvalue weighted by Crippen LogP contribution is -2.42. The SMILES string of the molecule is CC(C)C(NC(=O)c1ccc(CN2CCCC2=O)cc1)C(C)C. The highest BCUT2D eigenvalue weighted by Gasteiger charge is 2.21. The zero-order chi connectivity index (χ0) is 17.0. The molecule has 0 spiro atoms. The summed E-state index contributed by atoms with van der Waals surface area (Å²) in [5.74, 6) is 1.00. The van der Waals surface area contributed by atoms with Crippen molar-refractivity contribution in [2.45, 2.75) is 53.1 Å². The second-order valence-electron chi connectivity index (χ2n) is 7.10. The molecule has 0 unspecified atom stereocenters. The van der Waals surface area contributed by atoms with Crippen LogP contribution in [0.5, 0.6) is 0 Å². The Labute approximate surface area is 139 Å².